The van der Waals surface area contributed by atoms with Gasteiger partial charge in [-0.05, 0) is 41.9 Å². The summed E-state index contributed by atoms with van der Waals surface area (Å²) in [6.07, 6.45) is 6.43. The molecule has 30 heavy (non-hydrogen) atoms. The first-order chi connectivity index (χ1) is 14.2. The first kappa shape index (κ1) is 24.8. The highest BCUT2D eigenvalue weighted by atomic mass is 35.5. The Hall–Kier alpha value is -1.45. The fourth-order valence-electron chi connectivity index (χ4n) is 3.49. The molecule has 5 heteroatoms. The molecule has 0 unspecified atom stereocenters. The van der Waals surface area contributed by atoms with Gasteiger partial charge in [0, 0.05) is 27.7 Å². The van der Waals surface area contributed by atoms with Crippen molar-refractivity contribution in [1.29, 1.82) is 0 Å². The van der Waals surface area contributed by atoms with Crippen LogP contribution in [0.25, 0.3) is 10.8 Å². The molecule has 3 aromatic carbocycles. The van der Waals surface area contributed by atoms with E-state index < -0.39 is 0 Å². The molecule has 0 aliphatic rings. The number of benzene rings is 3. The van der Waals surface area contributed by atoms with E-state index >= 15 is 0 Å². The Bertz CT molecular complexity index is 929. The minimum Gasteiger partial charge on any atom is -0.488 e. The summed E-state index contributed by atoms with van der Waals surface area (Å²) in [5.74, 6) is 0.896. The second-order valence-electron chi connectivity index (χ2n) is 7.38. The fraction of sp³-hybridized carbons (Fsp3) is 0.360. The number of fused-ring (bicyclic) bond motifs is 1. The first-order valence-electron chi connectivity index (χ1n) is 10.5. The van der Waals surface area contributed by atoms with Gasteiger partial charge < -0.3 is 10.1 Å². The van der Waals surface area contributed by atoms with Crippen LogP contribution in [0.3, 0.4) is 0 Å². The monoisotopic (exact) mass is 465 g/mol. The molecule has 1 N–H and O–H groups in total. The van der Waals surface area contributed by atoms with Crippen molar-refractivity contribution in [2.75, 3.05) is 6.54 Å². The lowest BCUT2D eigenvalue weighted by Gasteiger charge is -2.16. The molecule has 0 radical (unpaired) electrons. The highest BCUT2D eigenvalue weighted by Crippen LogP contribution is 2.30. The zero-order valence-electron chi connectivity index (χ0n) is 17.4. The molecule has 0 atom stereocenters. The lowest BCUT2D eigenvalue weighted by atomic mass is 10.0. The Morgan fingerprint density at radius 3 is 2.50 bits per heavy atom. The van der Waals surface area contributed by atoms with Crippen molar-refractivity contribution in [3.8, 4) is 5.75 Å². The Morgan fingerprint density at radius 2 is 1.70 bits per heavy atom. The van der Waals surface area contributed by atoms with Gasteiger partial charge in [0.05, 0.1) is 0 Å². The number of unbranched alkanes of at least 4 members (excludes halogenated alkanes) is 4. The molecule has 3 rings (SSSR count). The molecule has 0 saturated carbocycles. The van der Waals surface area contributed by atoms with Crippen LogP contribution in [-0.2, 0) is 13.2 Å². The van der Waals surface area contributed by atoms with Crippen LogP contribution in [0, 0.1) is 0 Å². The van der Waals surface area contributed by atoms with E-state index in [1.165, 1.54) is 48.4 Å². The van der Waals surface area contributed by atoms with Gasteiger partial charge in [0.2, 0.25) is 0 Å². The third-order valence-electron chi connectivity index (χ3n) is 5.15. The van der Waals surface area contributed by atoms with Gasteiger partial charge in [0.15, 0.2) is 0 Å². The van der Waals surface area contributed by atoms with Crippen LogP contribution in [0.1, 0.15) is 50.2 Å². The lowest BCUT2D eigenvalue weighted by Crippen LogP contribution is -2.16. The number of hydrogen-bond acceptors (Lipinski definition) is 2. The van der Waals surface area contributed by atoms with Crippen molar-refractivity contribution in [2.45, 2.75) is 52.2 Å². The predicted molar refractivity (Wildman–Crippen MR) is 132 cm³/mol. The predicted octanol–water partition coefficient (Wildman–Crippen LogP) is 8.21. The zero-order valence-corrected chi connectivity index (χ0v) is 19.8. The van der Waals surface area contributed by atoms with Gasteiger partial charge in [0.1, 0.15) is 12.4 Å². The van der Waals surface area contributed by atoms with E-state index in [0.29, 0.717) is 16.7 Å². The largest absolute Gasteiger partial charge is 0.488 e. The molecule has 162 valence electrons. The number of nitrogens with one attached hydrogen (secondary N) is 1. The van der Waals surface area contributed by atoms with Gasteiger partial charge in [-0.3, -0.25) is 0 Å². The lowest BCUT2D eigenvalue weighted by molar-refractivity contribution is 0.303. The summed E-state index contributed by atoms with van der Waals surface area (Å²) >= 11 is 12.3. The summed E-state index contributed by atoms with van der Waals surface area (Å²) in [6, 6.07) is 18.1. The van der Waals surface area contributed by atoms with E-state index in [2.05, 4.69) is 48.6 Å². The van der Waals surface area contributed by atoms with Gasteiger partial charge >= 0.3 is 0 Å². The molecular weight excluding hydrogens is 437 g/mol. The third kappa shape index (κ3) is 7.06. The Balaban J connectivity index is 0.00000320. The van der Waals surface area contributed by atoms with E-state index in [1.807, 2.05) is 12.1 Å². The molecular formula is C25H30Cl3NO. The maximum Gasteiger partial charge on any atom is 0.124 e. The summed E-state index contributed by atoms with van der Waals surface area (Å²) < 4.78 is 6.19. The molecule has 0 aromatic heterocycles. The number of halogens is 3. The van der Waals surface area contributed by atoms with Crippen LogP contribution in [0.4, 0.5) is 0 Å². The second kappa shape index (κ2) is 13.1. The summed E-state index contributed by atoms with van der Waals surface area (Å²) in [5, 5.41) is 7.32. The van der Waals surface area contributed by atoms with E-state index in [9.17, 15) is 0 Å². The highest BCUT2D eigenvalue weighted by molar-refractivity contribution is 6.35. The fourth-order valence-corrected chi connectivity index (χ4v) is 3.96. The summed E-state index contributed by atoms with van der Waals surface area (Å²) in [4.78, 5) is 0. The molecule has 0 spiro atoms. The SMILES string of the molecule is CCCCCCCNCc1c(OCc2ccc(Cl)cc2Cl)ccc2ccccc12.Cl. The quantitative estimate of drug-likeness (QED) is 0.287. The highest BCUT2D eigenvalue weighted by Gasteiger charge is 2.10. The van der Waals surface area contributed by atoms with Crippen molar-refractivity contribution in [1.82, 2.24) is 5.32 Å². The van der Waals surface area contributed by atoms with Crippen LogP contribution in [0.2, 0.25) is 10.0 Å². The summed E-state index contributed by atoms with van der Waals surface area (Å²) in [7, 11) is 0. The average molecular weight is 467 g/mol. The van der Waals surface area contributed by atoms with Crippen molar-refractivity contribution in [2.24, 2.45) is 0 Å². The molecule has 0 heterocycles. The molecule has 3 aromatic rings. The molecule has 0 amide bonds. The Labute approximate surface area is 196 Å². The van der Waals surface area contributed by atoms with Gasteiger partial charge in [-0.1, -0.05) is 92.2 Å². The smallest absolute Gasteiger partial charge is 0.124 e. The average Bonchev–Trinajstić information content (AvgIpc) is 2.73. The Morgan fingerprint density at radius 1 is 0.900 bits per heavy atom. The minimum absolute atomic E-state index is 0. The van der Waals surface area contributed by atoms with Crippen molar-refractivity contribution >= 4 is 46.4 Å². The van der Waals surface area contributed by atoms with Gasteiger partial charge in [-0.25, -0.2) is 0 Å². The maximum absolute atomic E-state index is 6.31. The zero-order chi connectivity index (χ0) is 20.5. The van der Waals surface area contributed by atoms with Crippen LogP contribution in [-0.4, -0.2) is 6.54 Å². The maximum atomic E-state index is 6.31. The van der Waals surface area contributed by atoms with E-state index in [-0.39, 0.29) is 12.4 Å². The van der Waals surface area contributed by atoms with Gasteiger partial charge in [0.25, 0.3) is 0 Å². The Kier molecular flexibility index (Phi) is 10.8. The standard InChI is InChI=1S/C25H29Cl2NO.ClH/c1-2-3-4-5-8-15-28-17-23-22-10-7-6-9-19(22)12-14-25(23)29-18-20-11-13-21(26)16-24(20)27;/h6-7,9-14,16,28H,2-5,8,15,17-18H2,1H3;1H. The van der Waals surface area contributed by atoms with Crippen LogP contribution < -0.4 is 10.1 Å². The number of rotatable bonds is 11. The molecule has 0 fully saturated rings. The van der Waals surface area contributed by atoms with E-state index in [1.54, 1.807) is 6.07 Å². The van der Waals surface area contributed by atoms with Crippen molar-refractivity contribution < 1.29 is 4.74 Å². The van der Waals surface area contributed by atoms with E-state index in [0.717, 1.165) is 24.4 Å². The topological polar surface area (TPSA) is 21.3 Å². The number of ether oxygens (including phenoxy) is 1. The van der Waals surface area contributed by atoms with E-state index in [4.69, 9.17) is 27.9 Å². The molecule has 0 bridgehead atoms. The first-order valence-corrected chi connectivity index (χ1v) is 11.2. The third-order valence-corrected chi connectivity index (χ3v) is 5.74. The molecule has 0 aliphatic heterocycles. The normalized spacial score (nSPS) is 10.8. The molecule has 0 aliphatic carbocycles. The minimum atomic E-state index is 0. The number of hydrogen-bond donors (Lipinski definition) is 1. The van der Waals surface area contributed by atoms with Crippen LogP contribution in [0.5, 0.6) is 5.75 Å². The van der Waals surface area contributed by atoms with Crippen LogP contribution >= 0.6 is 35.6 Å². The van der Waals surface area contributed by atoms with Crippen LogP contribution in [0.15, 0.2) is 54.6 Å². The summed E-state index contributed by atoms with van der Waals surface area (Å²) in [5.41, 5.74) is 2.13. The molecule has 0 saturated heterocycles. The second-order valence-corrected chi connectivity index (χ2v) is 8.22. The van der Waals surface area contributed by atoms with Gasteiger partial charge in [-0.15, -0.1) is 12.4 Å². The van der Waals surface area contributed by atoms with Gasteiger partial charge in [-0.2, -0.15) is 0 Å². The van der Waals surface area contributed by atoms with Crippen molar-refractivity contribution in [3.63, 3.8) is 0 Å². The molecule has 2 nitrogen and oxygen atoms in total. The van der Waals surface area contributed by atoms with Crippen molar-refractivity contribution in [3.05, 3.63) is 75.8 Å². The summed E-state index contributed by atoms with van der Waals surface area (Å²) in [6.45, 7) is 4.48.